The highest BCUT2D eigenvalue weighted by Crippen LogP contribution is 2.21. The summed E-state index contributed by atoms with van der Waals surface area (Å²) in [6.45, 7) is 4.78. The van der Waals surface area contributed by atoms with Crippen LogP contribution in [0.5, 0.6) is 0 Å². The highest BCUT2D eigenvalue weighted by atomic mass is 32.2. The van der Waals surface area contributed by atoms with E-state index < -0.39 is 0 Å². The van der Waals surface area contributed by atoms with Crippen LogP contribution >= 0.6 is 24.0 Å². The first-order valence-corrected chi connectivity index (χ1v) is 10.1. The molecule has 0 radical (unpaired) electrons. The first kappa shape index (κ1) is 19.4. The SMILES string of the molecule is CSCCCNC(=S)NCC(c1ccc(F)cc1)N1CCOCC1. The Kier molecular flexibility index (Phi) is 8.80. The number of rotatable bonds is 8. The van der Waals surface area contributed by atoms with Gasteiger partial charge in [-0.15, -0.1) is 0 Å². The van der Waals surface area contributed by atoms with Crippen LogP contribution in [-0.2, 0) is 4.74 Å². The molecule has 0 aliphatic carbocycles. The zero-order chi connectivity index (χ0) is 17.2. The fourth-order valence-corrected chi connectivity index (χ4v) is 3.32. The minimum absolute atomic E-state index is 0.153. The number of benzene rings is 1. The minimum Gasteiger partial charge on any atom is -0.379 e. The van der Waals surface area contributed by atoms with Gasteiger partial charge < -0.3 is 15.4 Å². The van der Waals surface area contributed by atoms with Gasteiger partial charge in [0.05, 0.1) is 19.3 Å². The van der Waals surface area contributed by atoms with Crippen molar-refractivity contribution in [2.45, 2.75) is 12.5 Å². The van der Waals surface area contributed by atoms with Crippen molar-refractivity contribution >= 4 is 29.1 Å². The van der Waals surface area contributed by atoms with Gasteiger partial charge in [0.25, 0.3) is 0 Å². The molecule has 0 bridgehead atoms. The van der Waals surface area contributed by atoms with Crippen molar-refractivity contribution < 1.29 is 9.13 Å². The second-order valence-corrected chi connectivity index (χ2v) is 7.09. The molecule has 1 unspecified atom stereocenters. The lowest BCUT2D eigenvalue weighted by Gasteiger charge is -2.35. The first-order valence-electron chi connectivity index (χ1n) is 8.28. The average Bonchev–Trinajstić information content (AvgIpc) is 2.61. The van der Waals surface area contributed by atoms with E-state index in [1.54, 1.807) is 0 Å². The van der Waals surface area contributed by atoms with E-state index in [1.807, 2.05) is 23.9 Å². The second-order valence-electron chi connectivity index (χ2n) is 5.70. The van der Waals surface area contributed by atoms with Gasteiger partial charge in [0.2, 0.25) is 0 Å². The molecule has 7 heteroatoms. The Bertz CT molecular complexity index is 495. The highest BCUT2D eigenvalue weighted by molar-refractivity contribution is 7.98. The largest absolute Gasteiger partial charge is 0.379 e. The van der Waals surface area contributed by atoms with Gasteiger partial charge in [-0.1, -0.05) is 12.1 Å². The number of thioether (sulfide) groups is 1. The molecule has 0 aromatic heterocycles. The summed E-state index contributed by atoms with van der Waals surface area (Å²) in [6, 6.07) is 6.89. The van der Waals surface area contributed by atoms with Gasteiger partial charge in [-0.25, -0.2) is 4.39 Å². The number of halogens is 1. The summed E-state index contributed by atoms with van der Waals surface area (Å²) in [4.78, 5) is 2.36. The van der Waals surface area contributed by atoms with Crippen LogP contribution in [0.25, 0.3) is 0 Å². The summed E-state index contributed by atoms with van der Waals surface area (Å²) in [5.74, 6) is 0.917. The Morgan fingerprint density at radius 3 is 2.67 bits per heavy atom. The van der Waals surface area contributed by atoms with Gasteiger partial charge in [-0.05, 0) is 48.3 Å². The third-order valence-electron chi connectivity index (χ3n) is 4.01. The molecule has 2 N–H and O–H groups in total. The van der Waals surface area contributed by atoms with Crippen LogP contribution in [0.4, 0.5) is 4.39 Å². The summed E-state index contributed by atoms with van der Waals surface area (Å²) in [6.07, 6.45) is 3.19. The molecule has 1 atom stereocenters. The lowest BCUT2D eigenvalue weighted by Crippen LogP contribution is -2.45. The molecule has 0 amide bonds. The minimum atomic E-state index is -0.210. The van der Waals surface area contributed by atoms with E-state index in [9.17, 15) is 4.39 Å². The topological polar surface area (TPSA) is 36.5 Å². The third-order valence-corrected chi connectivity index (χ3v) is 4.99. The molecular weight excluding hydrogens is 345 g/mol. The normalized spacial score (nSPS) is 16.6. The van der Waals surface area contributed by atoms with Crippen molar-refractivity contribution in [2.24, 2.45) is 0 Å². The third kappa shape index (κ3) is 6.55. The number of nitrogens with one attached hydrogen (secondary N) is 2. The van der Waals surface area contributed by atoms with Crippen LogP contribution in [0.15, 0.2) is 24.3 Å². The van der Waals surface area contributed by atoms with Crippen molar-refractivity contribution in [3.63, 3.8) is 0 Å². The lowest BCUT2D eigenvalue weighted by atomic mass is 10.0. The molecule has 24 heavy (non-hydrogen) atoms. The van der Waals surface area contributed by atoms with E-state index >= 15 is 0 Å². The highest BCUT2D eigenvalue weighted by Gasteiger charge is 2.22. The summed E-state index contributed by atoms with van der Waals surface area (Å²) < 4.78 is 18.7. The average molecular weight is 372 g/mol. The molecule has 1 aromatic rings. The van der Waals surface area contributed by atoms with Gasteiger partial charge in [0, 0.05) is 26.2 Å². The van der Waals surface area contributed by atoms with Crippen LogP contribution in [0.2, 0.25) is 0 Å². The molecule has 0 spiro atoms. The Labute approximate surface area is 153 Å². The molecule has 134 valence electrons. The summed E-state index contributed by atoms with van der Waals surface area (Å²) in [7, 11) is 0. The Hall–Kier alpha value is -0.890. The Morgan fingerprint density at radius 2 is 2.00 bits per heavy atom. The first-order chi connectivity index (χ1) is 11.7. The number of morpholine rings is 1. The lowest BCUT2D eigenvalue weighted by molar-refractivity contribution is 0.0170. The standard InChI is InChI=1S/C17H26FN3OS2/c1-24-12-2-7-19-17(23)20-13-16(21-8-10-22-11-9-21)14-3-5-15(18)6-4-14/h3-6,16H,2,7-13H2,1H3,(H2,19,20,23). The fourth-order valence-electron chi connectivity index (χ4n) is 2.70. The number of ether oxygens (including phenoxy) is 1. The van der Waals surface area contributed by atoms with Crippen molar-refractivity contribution in [1.29, 1.82) is 0 Å². The van der Waals surface area contributed by atoms with Crippen LogP contribution in [0.1, 0.15) is 18.0 Å². The van der Waals surface area contributed by atoms with Crippen LogP contribution in [-0.4, -0.2) is 61.4 Å². The number of thiocarbonyl (C=S) groups is 1. The molecule has 1 aliphatic rings. The van der Waals surface area contributed by atoms with E-state index in [-0.39, 0.29) is 11.9 Å². The van der Waals surface area contributed by atoms with Gasteiger partial charge in [0.15, 0.2) is 5.11 Å². The van der Waals surface area contributed by atoms with Gasteiger partial charge in [-0.3, -0.25) is 4.90 Å². The molecule has 4 nitrogen and oxygen atoms in total. The fraction of sp³-hybridized carbons (Fsp3) is 0.588. The molecule has 1 fully saturated rings. The van der Waals surface area contributed by atoms with Gasteiger partial charge >= 0.3 is 0 Å². The number of nitrogens with zero attached hydrogens (tertiary/aromatic N) is 1. The second kappa shape index (κ2) is 10.9. The summed E-state index contributed by atoms with van der Waals surface area (Å²) in [5.41, 5.74) is 1.09. The molecule has 1 heterocycles. The van der Waals surface area contributed by atoms with Gasteiger partial charge in [0.1, 0.15) is 5.82 Å². The predicted molar refractivity (Wildman–Crippen MR) is 103 cm³/mol. The summed E-state index contributed by atoms with van der Waals surface area (Å²) in [5, 5.41) is 7.22. The maximum atomic E-state index is 13.2. The Balaban J connectivity index is 1.90. The quantitative estimate of drug-likeness (QED) is 0.540. The monoisotopic (exact) mass is 371 g/mol. The van der Waals surface area contributed by atoms with Crippen molar-refractivity contribution in [3.05, 3.63) is 35.6 Å². The molecule has 1 aromatic carbocycles. The smallest absolute Gasteiger partial charge is 0.166 e. The predicted octanol–water partition coefficient (Wildman–Crippen LogP) is 2.42. The van der Waals surface area contributed by atoms with E-state index in [4.69, 9.17) is 17.0 Å². The van der Waals surface area contributed by atoms with Crippen LogP contribution in [0, 0.1) is 5.82 Å². The molecule has 0 saturated carbocycles. The van der Waals surface area contributed by atoms with Crippen LogP contribution in [0.3, 0.4) is 0 Å². The Morgan fingerprint density at radius 1 is 1.29 bits per heavy atom. The number of hydrogen-bond donors (Lipinski definition) is 2. The van der Waals surface area contributed by atoms with Crippen molar-refractivity contribution in [1.82, 2.24) is 15.5 Å². The summed E-state index contributed by atoms with van der Waals surface area (Å²) >= 11 is 7.20. The zero-order valence-electron chi connectivity index (χ0n) is 14.1. The maximum absolute atomic E-state index is 13.2. The molecule has 2 rings (SSSR count). The van der Waals surface area contributed by atoms with Crippen molar-refractivity contribution in [2.75, 3.05) is 51.4 Å². The van der Waals surface area contributed by atoms with E-state index in [0.29, 0.717) is 11.7 Å². The zero-order valence-corrected chi connectivity index (χ0v) is 15.7. The maximum Gasteiger partial charge on any atom is 0.166 e. The van der Waals surface area contributed by atoms with Gasteiger partial charge in [-0.2, -0.15) is 11.8 Å². The molecule has 1 aliphatic heterocycles. The van der Waals surface area contributed by atoms with E-state index in [1.165, 1.54) is 12.1 Å². The van der Waals surface area contributed by atoms with E-state index in [0.717, 1.165) is 50.6 Å². The number of hydrogen-bond acceptors (Lipinski definition) is 4. The molecular formula is C17H26FN3OS2. The van der Waals surface area contributed by atoms with E-state index in [2.05, 4.69) is 21.8 Å². The van der Waals surface area contributed by atoms with Crippen LogP contribution < -0.4 is 10.6 Å². The molecule has 1 saturated heterocycles. The van der Waals surface area contributed by atoms with Crippen molar-refractivity contribution in [3.8, 4) is 0 Å².